The fraction of sp³-hybridized carbons (Fsp3) is 0.611. The fourth-order valence-electron chi connectivity index (χ4n) is 3.42. The summed E-state index contributed by atoms with van der Waals surface area (Å²) in [6.07, 6.45) is 2.30. The van der Waals surface area contributed by atoms with Gasteiger partial charge in [-0.05, 0) is 45.1 Å². The number of carbonyl (C=O) groups excluding carboxylic acids is 1. The van der Waals surface area contributed by atoms with Gasteiger partial charge in [0.15, 0.2) is 0 Å². The van der Waals surface area contributed by atoms with Crippen LogP contribution in [0.5, 0.6) is 0 Å². The predicted octanol–water partition coefficient (Wildman–Crippen LogP) is 3.35. The van der Waals surface area contributed by atoms with Crippen molar-refractivity contribution in [3.05, 3.63) is 16.3 Å². The first-order valence-electron chi connectivity index (χ1n) is 8.73. The highest BCUT2D eigenvalue weighted by atomic mass is 32.1. The average molecular weight is 363 g/mol. The van der Waals surface area contributed by atoms with Crippen LogP contribution in [0, 0.1) is 19.8 Å². The lowest BCUT2D eigenvalue weighted by atomic mass is 9.98. The number of nitrogens with zero attached hydrogens (tertiary/aromatic N) is 3. The molecule has 0 spiro atoms. The molecule has 1 unspecified atom stereocenters. The van der Waals surface area contributed by atoms with Crippen LogP contribution in [0.3, 0.4) is 0 Å². The summed E-state index contributed by atoms with van der Waals surface area (Å²) < 4.78 is 10.5. The monoisotopic (exact) mass is 363 g/mol. The molecule has 0 aromatic carbocycles. The van der Waals surface area contributed by atoms with Crippen molar-refractivity contribution in [2.45, 2.75) is 33.6 Å². The summed E-state index contributed by atoms with van der Waals surface area (Å²) >= 11 is 1.39. The van der Waals surface area contributed by atoms with Crippen molar-refractivity contribution >= 4 is 33.3 Å². The Bertz CT molecular complexity index is 775. The summed E-state index contributed by atoms with van der Waals surface area (Å²) in [7, 11) is 1.41. The van der Waals surface area contributed by atoms with Crippen molar-refractivity contribution in [3.8, 4) is 0 Å². The number of ether oxygens (including phenoxy) is 2. The Morgan fingerprint density at radius 2 is 2.16 bits per heavy atom. The van der Waals surface area contributed by atoms with E-state index >= 15 is 0 Å². The van der Waals surface area contributed by atoms with Crippen molar-refractivity contribution in [2.75, 3.05) is 38.3 Å². The van der Waals surface area contributed by atoms with Crippen LogP contribution >= 0.6 is 11.3 Å². The van der Waals surface area contributed by atoms with E-state index in [1.54, 1.807) is 0 Å². The molecule has 1 saturated heterocycles. The van der Waals surface area contributed by atoms with Gasteiger partial charge in [-0.25, -0.2) is 14.8 Å². The van der Waals surface area contributed by atoms with Gasteiger partial charge in [0.1, 0.15) is 21.3 Å². The number of aryl methyl sites for hydroxylation is 2. The first-order valence-corrected chi connectivity index (χ1v) is 9.55. The second-order valence-electron chi connectivity index (χ2n) is 6.44. The topological polar surface area (TPSA) is 64.5 Å². The minimum atomic E-state index is -0.308. The molecule has 0 bridgehead atoms. The molecule has 1 aliphatic heterocycles. The molecule has 1 atom stereocenters. The maximum atomic E-state index is 12.1. The van der Waals surface area contributed by atoms with Gasteiger partial charge < -0.3 is 14.4 Å². The number of hydrogen-bond donors (Lipinski definition) is 0. The molecule has 0 saturated carbocycles. The Kier molecular flexibility index (Phi) is 5.54. The van der Waals surface area contributed by atoms with E-state index in [-0.39, 0.29) is 5.97 Å². The van der Waals surface area contributed by atoms with Gasteiger partial charge in [-0.2, -0.15) is 0 Å². The van der Waals surface area contributed by atoms with Gasteiger partial charge in [-0.3, -0.25) is 0 Å². The molecule has 136 valence electrons. The highest BCUT2D eigenvalue weighted by molar-refractivity contribution is 7.20. The molecule has 7 heteroatoms. The Hall–Kier alpha value is -1.73. The first-order chi connectivity index (χ1) is 12.0. The SMILES string of the molecule is CCOCC1CCCN(c2nc(C)nc3sc(C(=O)OC)c(C)c23)C1. The minimum absolute atomic E-state index is 0.308. The highest BCUT2D eigenvalue weighted by Crippen LogP contribution is 2.37. The second kappa shape index (κ2) is 7.66. The van der Waals surface area contributed by atoms with E-state index in [0.717, 1.165) is 60.1 Å². The average Bonchev–Trinajstić information content (AvgIpc) is 2.95. The molecule has 25 heavy (non-hydrogen) atoms. The number of rotatable bonds is 5. The van der Waals surface area contributed by atoms with E-state index in [0.29, 0.717) is 10.8 Å². The van der Waals surface area contributed by atoms with Gasteiger partial charge in [-0.15, -0.1) is 11.3 Å². The van der Waals surface area contributed by atoms with Crippen LogP contribution < -0.4 is 4.90 Å². The minimum Gasteiger partial charge on any atom is -0.465 e. The van der Waals surface area contributed by atoms with Crippen molar-refractivity contribution in [2.24, 2.45) is 5.92 Å². The van der Waals surface area contributed by atoms with Crippen LogP contribution in [-0.2, 0) is 9.47 Å². The van der Waals surface area contributed by atoms with Gasteiger partial charge >= 0.3 is 5.97 Å². The summed E-state index contributed by atoms with van der Waals surface area (Å²) in [6.45, 7) is 9.31. The maximum absolute atomic E-state index is 12.1. The zero-order valence-corrected chi connectivity index (χ0v) is 16.1. The molecule has 0 N–H and O–H groups in total. The molecule has 6 nitrogen and oxygen atoms in total. The number of aromatic nitrogens is 2. The first kappa shape index (κ1) is 18.1. The number of anilines is 1. The zero-order chi connectivity index (χ0) is 18.0. The molecule has 2 aromatic rings. The van der Waals surface area contributed by atoms with Gasteiger partial charge in [-0.1, -0.05) is 0 Å². The van der Waals surface area contributed by atoms with Crippen LogP contribution in [0.25, 0.3) is 10.2 Å². The quantitative estimate of drug-likeness (QED) is 0.759. The Morgan fingerprint density at radius 1 is 1.36 bits per heavy atom. The molecule has 0 aliphatic carbocycles. The number of thiophene rings is 1. The summed E-state index contributed by atoms with van der Waals surface area (Å²) in [6, 6.07) is 0. The van der Waals surface area contributed by atoms with Crippen LogP contribution in [-0.4, -0.2) is 49.4 Å². The number of methoxy groups -OCH3 is 1. The Morgan fingerprint density at radius 3 is 2.88 bits per heavy atom. The molecule has 2 aromatic heterocycles. The lowest BCUT2D eigenvalue weighted by Gasteiger charge is -2.34. The lowest BCUT2D eigenvalue weighted by molar-refractivity contribution is 0.0605. The van der Waals surface area contributed by atoms with Crippen LogP contribution in [0.1, 0.15) is 40.8 Å². The molecular formula is C18H25N3O3S. The highest BCUT2D eigenvalue weighted by Gasteiger charge is 2.26. The maximum Gasteiger partial charge on any atom is 0.348 e. The number of piperidine rings is 1. The molecule has 1 fully saturated rings. The Labute approximate surface area is 152 Å². The fourth-order valence-corrected chi connectivity index (χ4v) is 4.56. The van der Waals surface area contributed by atoms with Crippen molar-refractivity contribution in [3.63, 3.8) is 0 Å². The zero-order valence-electron chi connectivity index (χ0n) is 15.3. The standard InChI is InChI=1S/C18H25N3O3S/c1-5-24-10-13-7-6-8-21(9-13)16-14-11(2)15(18(22)23-4)25-17(14)20-12(3)19-16/h13H,5-10H2,1-4H3. The smallest absolute Gasteiger partial charge is 0.348 e. The molecule has 0 radical (unpaired) electrons. The van der Waals surface area contributed by atoms with Gasteiger partial charge in [0.25, 0.3) is 0 Å². The van der Waals surface area contributed by atoms with Crippen molar-refractivity contribution in [1.82, 2.24) is 9.97 Å². The van der Waals surface area contributed by atoms with Crippen LogP contribution in [0.15, 0.2) is 0 Å². The van der Waals surface area contributed by atoms with Crippen molar-refractivity contribution < 1.29 is 14.3 Å². The van der Waals surface area contributed by atoms with Gasteiger partial charge in [0.05, 0.1) is 19.1 Å². The van der Waals surface area contributed by atoms with E-state index in [1.807, 2.05) is 20.8 Å². The van der Waals surface area contributed by atoms with E-state index in [2.05, 4.69) is 9.88 Å². The van der Waals surface area contributed by atoms with Gasteiger partial charge in [0.2, 0.25) is 0 Å². The third kappa shape index (κ3) is 3.62. The third-order valence-electron chi connectivity index (χ3n) is 4.63. The van der Waals surface area contributed by atoms with E-state index in [9.17, 15) is 4.79 Å². The number of esters is 1. The normalized spacial score (nSPS) is 17.9. The van der Waals surface area contributed by atoms with Crippen molar-refractivity contribution in [1.29, 1.82) is 0 Å². The lowest BCUT2D eigenvalue weighted by Crippen LogP contribution is -2.38. The predicted molar refractivity (Wildman–Crippen MR) is 99.7 cm³/mol. The molecule has 3 heterocycles. The molecule has 0 amide bonds. The van der Waals surface area contributed by atoms with Crippen LogP contribution in [0.2, 0.25) is 0 Å². The molecular weight excluding hydrogens is 338 g/mol. The van der Waals surface area contributed by atoms with Gasteiger partial charge in [0, 0.05) is 19.7 Å². The molecule has 3 rings (SSSR count). The third-order valence-corrected chi connectivity index (χ3v) is 5.80. The number of hydrogen-bond acceptors (Lipinski definition) is 7. The van der Waals surface area contributed by atoms with E-state index in [1.165, 1.54) is 24.9 Å². The van der Waals surface area contributed by atoms with Crippen LogP contribution in [0.4, 0.5) is 5.82 Å². The van der Waals surface area contributed by atoms with E-state index < -0.39 is 0 Å². The largest absolute Gasteiger partial charge is 0.465 e. The Balaban J connectivity index is 2.00. The second-order valence-corrected chi connectivity index (χ2v) is 7.44. The molecule has 1 aliphatic rings. The summed E-state index contributed by atoms with van der Waals surface area (Å²) in [5.74, 6) is 1.87. The van der Waals surface area contributed by atoms with E-state index in [4.69, 9.17) is 14.5 Å². The summed E-state index contributed by atoms with van der Waals surface area (Å²) in [5.41, 5.74) is 0.911. The summed E-state index contributed by atoms with van der Waals surface area (Å²) in [4.78, 5) is 25.1. The summed E-state index contributed by atoms with van der Waals surface area (Å²) in [5, 5.41) is 0.980. The number of carbonyl (C=O) groups is 1. The number of fused-ring (bicyclic) bond motifs is 1.